The first-order valence-corrected chi connectivity index (χ1v) is 8.71. The molecule has 114 valence electrons. The zero-order valence-corrected chi connectivity index (χ0v) is 14.9. The highest BCUT2D eigenvalue weighted by atomic mass is 79.9. The molecule has 1 atom stereocenters. The highest BCUT2D eigenvalue weighted by Crippen LogP contribution is 2.35. The monoisotopic (exact) mass is 369 g/mol. The molecule has 1 aromatic carbocycles. The molecule has 0 aliphatic carbocycles. The van der Waals surface area contributed by atoms with Crippen LogP contribution in [0.3, 0.4) is 0 Å². The molecule has 1 N–H and O–H groups in total. The van der Waals surface area contributed by atoms with Gasteiger partial charge in [-0.25, -0.2) is 0 Å². The van der Waals surface area contributed by atoms with Crippen molar-refractivity contribution in [3.05, 3.63) is 27.7 Å². The predicted molar refractivity (Wildman–Crippen MR) is 90.9 cm³/mol. The van der Waals surface area contributed by atoms with Crippen molar-refractivity contribution in [2.24, 2.45) is 0 Å². The van der Waals surface area contributed by atoms with Crippen molar-refractivity contribution in [2.75, 3.05) is 13.7 Å². The molecular formula is C15H20BrN3OS. The summed E-state index contributed by atoms with van der Waals surface area (Å²) in [6.07, 6.45) is 2.12. The van der Waals surface area contributed by atoms with Gasteiger partial charge in [0.05, 0.1) is 18.7 Å². The Morgan fingerprint density at radius 3 is 2.81 bits per heavy atom. The van der Waals surface area contributed by atoms with Crippen LogP contribution in [0.1, 0.15) is 37.7 Å². The van der Waals surface area contributed by atoms with E-state index in [1.54, 1.807) is 18.4 Å². The Hall–Kier alpha value is -0.980. The van der Waals surface area contributed by atoms with E-state index in [9.17, 15) is 0 Å². The van der Waals surface area contributed by atoms with Gasteiger partial charge in [0.25, 0.3) is 0 Å². The summed E-state index contributed by atoms with van der Waals surface area (Å²) >= 11 is 5.08. The first-order chi connectivity index (χ1) is 10.2. The Morgan fingerprint density at radius 1 is 1.33 bits per heavy atom. The number of hydrogen-bond donors (Lipinski definition) is 1. The molecule has 2 rings (SSSR count). The number of halogens is 1. The molecule has 0 aliphatic rings. The van der Waals surface area contributed by atoms with Gasteiger partial charge in [0.15, 0.2) is 5.01 Å². The van der Waals surface area contributed by atoms with Gasteiger partial charge in [-0.1, -0.05) is 41.1 Å². The average Bonchev–Trinajstić information content (AvgIpc) is 2.97. The molecule has 0 radical (unpaired) electrons. The molecule has 1 heterocycles. The Bertz CT molecular complexity index is 588. The summed E-state index contributed by atoms with van der Waals surface area (Å²) in [5, 5.41) is 14.1. The summed E-state index contributed by atoms with van der Waals surface area (Å²) in [5.41, 5.74) is 0.981. The maximum absolute atomic E-state index is 5.43. The number of rotatable bonds is 7. The van der Waals surface area contributed by atoms with E-state index in [4.69, 9.17) is 4.74 Å². The van der Waals surface area contributed by atoms with Crippen molar-refractivity contribution in [3.63, 3.8) is 0 Å². The maximum Gasteiger partial charge on any atom is 0.151 e. The summed E-state index contributed by atoms with van der Waals surface area (Å²) in [7, 11) is 1.67. The van der Waals surface area contributed by atoms with Crippen LogP contribution in [0.15, 0.2) is 22.7 Å². The lowest BCUT2D eigenvalue weighted by Gasteiger charge is -2.12. The molecule has 0 saturated heterocycles. The van der Waals surface area contributed by atoms with Gasteiger partial charge in [-0.3, -0.25) is 0 Å². The zero-order valence-electron chi connectivity index (χ0n) is 12.5. The van der Waals surface area contributed by atoms with Gasteiger partial charge in [-0.2, -0.15) is 0 Å². The molecule has 6 heteroatoms. The Balaban J connectivity index is 2.27. The van der Waals surface area contributed by atoms with Crippen LogP contribution in [0.2, 0.25) is 0 Å². The van der Waals surface area contributed by atoms with Gasteiger partial charge in [0.1, 0.15) is 10.8 Å². The maximum atomic E-state index is 5.43. The van der Waals surface area contributed by atoms with Gasteiger partial charge in [-0.05, 0) is 37.6 Å². The molecule has 2 aromatic rings. The van der Waals surface area contributed by atoms with Crippen molar-refractivity contribution in [3.8, 4) is 16.3 Å². The van der Waals surface area contributed by atoms with Crippen LogP contribution in [0.5, 0.6) is 5.75 Å². The minimum atomic E-state index is 0.276. The second-order valence-corrected chi connectivity index (χ2v) is 6.63. The number of methoxy groups -OCH3 is 1. The van der Waals surface area contributed by atoms with Crippen LogP contribution < -0.4 is 10.1 Å². The smallest absolute Gasteiger partial charge is 0.151 e. The van der Waals surface area contributed by atoms with Gasteiger partial charge in [0, 0.05) is 4.47 Å². The van der Waals surface area contributed by atoms with Crippen LogP contribution in [0.25, 0.3) is 10.6 Å². The Morgan fingerprint density at radius 2 is 2.14 bits per heavy atom. The van der Waals surface area contributed by atoms with Crippen molar-refractivity contribution < 1.29 is 4.74 Å². The second-order valence-electron chi connectivity index (χ2n) is 4.71. The first kappa shape index (κ1) is 16.4. The summed E-state index contributed by atoms with van der Waals surface area (Å²) < 4.78 is 6.42. The lowest BCUT2D eigenvalue weighted by Crippen LogP contribution is -2.21. The quantitative estimate of drug-likeness (QED) is 0.784. The number of ether oxygens (including phenoxy) is 1. The third kappa shape index (κ3) is 4.02. The Labute approximate surface area is 138 Å². The van der Waals surface area contributed by atoms with E-state index in [2.05, 4.69) is 45.3 Å². The summed E-state index contributed by atoms with van der Waals surface area (Å²) in [6, 6.07) is 6.22. The van der Waals surface area contributed by atoms with E-state index in [0.717, 1.165) is 45.2 Å². The second kappa shape index (κ2) is 7.87. The summed E-state index contributed by atoms with van der Waals surface area (Å²) in [6.45, 7) is 5.32. The highest BCUT2D eigenvalue weighted by molar-refractivity contribution is 9.10. The predicted octanol–water partition coefficient (Wildman–Crippen LogP) is 4.43. The van der Waals surface area contributed by atoms with Crippen molar-refractivity contribution in [1.82, 2.24) is 15.5 Å². The van der Waals surface area contributed by atoms with Crippen LogP contribution in [0, 0.1) is 0 Å². The van der Waals surface area contributed by atoms with Crippen LogP contribution in [-0.2, 0) is 0 Å². The molecule has 1 unspecified atom stereocenters. The van der Waals surface area contributed by atoms with E-state index in [-0.39, 0.29) is 6.04 Å². The van der Waals surface area contributed by atoms with Gasteiger partial charge >= 0.3 is 0 Å². The topological polar surface area (TPSA) is 47.0 Å². The number of nitrogens with zero attached hydrogens (tertiary/aromatic N) is 2. The van der Waals surface area contributed by atoms with Crippen LogP contribution >= 0.6 is 27.3 Å². The fourth-order valence-corrected chi connectivity index (χ4v) is 3.42. The van der Waals surface area contributed by atoms with E-state index < -0.39 is 0 Å². The number of benzene rings is 1. The fraction of sp³-hybridized carbons (Fsp3) is 0.467. The third-order valence-electron chi connectivity index (χ3n) is 3.18. The van der Waals surface area contributed by atoms with Crippen molar-refractivity contribution in [1.29, 1.82) is 0 Å². The van der Waals surface area contributed by atoms with Crippen LogP contribution in [0.4, 0.5) is 0 Å². The normalized spacial score (nSPS) is 12.4. The average molecular weight is 370 g/mol. The van der Waals surface area contributed by atoms with Gasteiger partial charge < -0.3 is 10.1 Å². The molecule has 0 amide bonds. The lowest BCUT2D eigenvalue weighted by atomic mass is 10.2. The van der Waals surface area contributed by atoms with Gasteiger partial charge in [0.2, 0.25) is 0 Å². The SMILES string of the molecule is CCCNC(CC)c1nnc(-c2ccc(Br)cc2OC)s1. The molecule has 4 nitrogen and oxygen atoms in total. The first-order valence-electron chi connectivity index (χ1n) is 7.10. The number of nitrogens with one attached hydrogen (secondary N) is 1. The minimum absolute atomic E-state index is 0.276. The summed E-state index contributed by atoms with van der Waals surface area (Å²) in [4.78, 5) is 0. The molecule has 0 saturated carbocycles. The van der Waals surface area contributed by atoms with Crippen molar-refractivity contribution >= 4 is 27.3 Å². The molecular weight excluding hydrogens is 350 g/mol. The summed E-state index contributed by atoms with van der Waals surface area (Å²) in [5.74, 6) is 0.807. The third-order valence-corrected chi connectivity index (χ3v) is 4.75. The standard InChI is InChI=1S/C15H20BrN3OS/c1-4-8-17-12(5-2)15-19-18-14(21-15)11-7-6-10(16)9-13(11)20-3/h6-7,9,12,17H,4-5,8H2,1-3H3. The Kier molecular flexibility index (Phi) is 6.14. The van der Waals surface area contributed by atoms with E-state index in [1.807, 2.05) is 18.2 Å². The molecule has 0 aliphatic heterocycles. The molecule has 1 aromatic heterocycles. The highest BCUT2D eigenvalue weighted by Gasteiger charge is 2.17. The zero-order chi connectivity index (χ0) is 15.2. The molecule has 21 heavy (non-hydrogen) atoms. The molecule has 0 fully saturated rings. The molecule has 0 bridgehead atoms. The van der Waals surface area contributed by atoms with Gasteiger partial charge in [-0.15, -0.1) is 10.2 Å². The number of hydrogen-bond acceptors (Lipinski definition) is 5. The lowest BCUT2D eigenvalue weighted by molar-refractivity contribution is 0.416. The van der Waals surface area contributed by atoms with E-state index in [0.29, 0.717) is 0 Å². The van der Waals surface area contributed by atoms with E-state index >= 15 is 0 Å². The van der Waals surface area contributed by atoms with Crippen LogP contribution in [-0.4, -0.2) is 23.9 Å². The molecule has 0 spiro atoms. The number of aromatic nitrogens is 2. The largest absolute Gasteiger partial charge is 0.496 e. The van der Waals surface area contributed by atoms with Crippen molar-refractivity contribution in [2.45, 2.75) is 32.7 Å². The fourth-order valence-electron chi connectivity index (χ4n) is 2.05. The minimum Gasteiger partial charge on any atom is -0.496 e. The van der Waals surface area contributed by atoms with E-state index in [1.165, 1.54) is 0 Å².